The number of hydrogen-bond donors (Lipinski definition) is 1. The molecule has 1 aromatic rings. The van der Waals surface area contributed by atoms with Gasteiger partial charge in [-0.15, -0.1) is 23.7 Å². The smallest absolute Gasteiger partial charge is 0.0469 e. The number of aryl methyl sites for hydroxylation is 1. The van der Waals surface area contributed by atoms with Crippen LogP contribution >= 0.6 is 23.7 Å². The van der Waals surface area contributed by atoms with E-state index in [-0.39, 0.29) is 18.4 Å². The van der Waals surface area contributed by atoms with Gasteiger partial charge in [0.2, 0.25) is 0 Å². The predicted octanol–water partition coefficient (Wildman–Crippen LogP) is 2.90. The van der Waals surface area contributed by atoms with Crippen LogP contribution in [0.2, 0.25) is 0 Å². The van der Waals surface area contributed by atoms with Crippen LogP contribution in [0, 0.1) is 12.8 Å². The van der Waals surface area contributed by atoms with Crippen molar-refractivity contribution in [2.75, 3.05) is 13.2 Å². The van der Waals surface area contributed by atoms with Gasteiger partial charge in [0.15, 0.2) is 0 Å². The molecule has 1 aliphatic rings. The highest BCUT2D eigenvalue weighted by molar-refractivity contribution is 7.10. The highest BCUT2D eigenvalue weighted by Gasteiger charge is 2.23. The molecule has 0 spiro atoms. The molecular weight excluding hydrogens is 230 g/mol. The summed E-state index contributed by atoms with van der Waals surface area (Å²) in [6.45, 7) is 3.90. The molecule has 0 aliphatic carbocycles. The summed E-state index contributed by atoms with van der Waals surface area (Å²) in [4.78, 5) is 1.36. The van der Waals surface area contributed by atoms with E-state index in [1.807, 2.05) is 0 Å². The molecule has 0 aromatic carbocycles. The van der Waals surface area contributed by atoms with Crippen molar-refractivity contribution in [3.63, 3.8) is 0 Å². The molecule has 86 valence electrons. The van der Waals surface area contributed by atoms with Gasteiger partial charge in [-0.05, 0) is 42.7 Å². The standard InChI is InChI=1S/C11H17NOS.ClH/c1-8-4-7-14-11(8)10(12)9-2-5-13-6-3-9;/h4,7,9-10H,2-3,5-6,12H2,1H3;1H. The lowest BCUT2D eigenvalue weighted by atomic mass is 9.90. The maximum Gasteiger partial charge on any atom is 0.0469 e. The van der Waals surface area contributed by atoms with Gasteiger partial charge >= 0.3 is 0 Å². The first-order valence-electron chi connectivity index (χ1n) is 5.16. The molecule has 1 atom stereocenters. The van der Waals surface area contributed by atoms with E-state index in [1.54, 1.807) is 11.3 Å². The maximum absolute atomic E-state index is 6.27. The molecule has 2 N–H and O–H groups in total. The van der Waals surface area contributed by atoms with Crippen molar-refractivity contribution in [2.24, 2.45) is 11.7 Å². The fourth-order valence-electron chi connectivity index (χ4n) is 2.01. The molecule has 4 heteroatoms. The van der Waals surface area contributed by atoms with E-state index in [0.717, 1.165) is 26.1 Å². The van der Waals surface area contributed by atoms with Gasteiger partial charge in [0.25, 0.3) is 0 Å². The largest absolute Gasteiger partial charge is 0.381 e. The van der Waals surface area contributed by atoms with Crippen molar-refractivity contribution in [2.45, 2.75) is 25.8 Å². The van der Waals surface area contributed by atoms with Gasteiger partial charge in [-0.3, -0.25) is 0 Å². The molecule has 1 aliphatic heterocycles. The molecule has 1 saturated heterocycles. The van der Waals surface area contributed by atoms with Crippen LogP contribution in [0.1, 0.15) is 29.3 Å². The van der Waals surface area contributed by atoms with Gasteiger partial charge in [-0.2, -0.15) is 0 Å². The van der Waals surface area contributed by atoms with Gasteiger partial charge in [0.1, 0.15) is 0 Å². The first kappa shape index (κ1) is 13.0. The van der Waals surface area contributed by atoms with Crippen LogP contribution in [0.5, 0.6) is 0 Å². The molecule has 1 aromatic heterocycles. The topological polar surface area (TPSA) is 35.2 Å². The second kappa shape index (κ2) is 5.85. The fraction of sp³-hybridized carbons (Fsp3) is 0.636. The van der Waals surface area contributed by atoms with Crippen LogP contribution in [-0.2, 0) is 4.74 Å². The van der Waals surface area contributed by atoms with Crippen LogP contribution in [0.3, 0.4) is 0 Å². The van der Waals surface area contributed by atoms with E-state index >= 15 is 0 Å². The summed E-state index contributed by atoms with van der Waals surface area (Å²) in [6.07, 6.45) is 2.22. The Hall–Kier alpha value is -0.0900. The Bertz CT molecular complexity index is 297. The first-order valence-corrected chi connectivity index (χ1v) is 6.04. The summed E-state index contributed by atoms with van der Waals surface area (Å²) in [6, 6.07) is 2.37. The van der Waals surface area contributed by atoms with E-state index in [9.17, 15) is 0 Å². The van der Waals surface area contributed by atoms with Gasteiger partial charge < -0.3 is 10.5 Å². The molecular formula is C11H18ClNOS. The number of halogens is 1. The summed E-state index contributed by atoms with van der Waals surface area (Å²) >= 11 is 1.79. The van der Waals surface area contributed by atoms with Crippen LogP contribution < -0.4 is 5.73 Å². The third kappa shape index (κ3) is 2.94. The Labute approximate surface area is 101 Å². The molecule has 15 heavy (non-hydrogen) atoms. The molecule has 2 nitrogen and oxygen atoms in total. The summed E-state index contributed by atoms with van der Waals surface area (Å²) in [5.41, 5.74) is 7.61. The third-order valence-corrected chi connectivity index (χ3v) is 4.10. The van der Waals surface area contributed by atoms with Crippen molar-refractivity contribution < 1.29 is 4.74 Å². The fourth-order valence-corrected chi connectivity index (χ4v) is 3.04. The Kier molecular flexibility index (Phi) is 5.06. The zero-order chi connectivity index (χ0) is 9.97. The van der Waals surface area contributed by atoms with E-state index < -0.39 is 0 Å². The molecule has 2 rings (SSSR count). The molecule has 0 bridgehead atoms. The van der Waals surface area contributed by atoms with Crippen molar-refractivity contribution in [3.05, 3.63) is 21.9 Å². The SMILES string of the molecule is Cc1ccsc1C(N)C1CCOCC1.Cl. The monoisotopic (exact) mass is 247 g/mol. The first-order chi connectivity index (χ1) is 6.79. The van der Waals surface area contributed by atoms with Crippen molar-refractivity contribution in [3.8, 4) is 0 Å². The summed E-state index contributed by atoms with van der Waals surface area (Å²) in [5, 5.41) is 2.13. The van der Waals surface area contributed by atoms with Crippen LogP contribution in [0.4, 0.5) is 0 Å². The molecule has 2 heterocycles. The van der Waals surface area contributed by atoms with Gasteiger partial charge in [0.05, 0.1) is 0 Å². The minimum atomic E-state index is 0. The van der Waals surface area contributed by atoms with Crippen molar-refractivity contribution >= 4 is 23.7 Å². The van der Waals surface area contributed by atoms with Gasteiger partial charge in [-0.1, -0.05) is 0 Å². The van der Waals surface area contributed by atoms with E-state index in [2.05, 4.69) is 18.4 Å². The maximum atomic E-state index is 6.27. The van der Waals surface area contributed by atoms with Crippen molar-refractivity contribution in [1.82, 2.24) is 0 Å². The summed E-state index contributed by atoms with van der Waals surface area (Å²) < 4.78 is 5.35. The molecule has 0 radical (unpaired) electrons. The highest BCUT2D eigenvalue weighted by Crippen LogP contribution is 2.32. The lowest BCUT2D eigenvalue weighted by Gasteiger charge is -2.27. The van der Waals surface area contributed by atoms with E-state index in [1.165, 1.54) is 10.4 Å². The van der Waals surface area contributed by atoms with Crippen molar-refractivity contribution in [1.29, 1.82) is 0 Å². The number of ether oxygens (including phenoxy) is 1. The molecule has 1 fully saturated rings. The van der Waals surface area contributed by atoms with Crippen LogP contribution in [0.15, 0.2) is 11.4 Å². The number of nitrogens with two attached hydrogens (primary N) is 1. The second-order valence-electron chi connectivity index (χ2n) is 3.94. The second-order valence-corrected chi connectivity index (χ2v) is 4.89. The zero-order valence-electron chi connectivity index (χ0n) is 8.94. The minimum absolute atomic E-state index is 0. The van der Waals surface area contributed by atoms with Gasteiger partial charge in [-0.25, -0.2) is 0 Å². The van der Waals surface area contributed by atoms with E-state index in [0.29, 0.717) is 5.92 Å². The number of rotatable bonds is 2. The average Bonchev–Trinajstić information content (AvgIpc) is 2.65. The third-order valence-electron chi connectivity index (χ3n) is 2.98. The van der Waals surface area contributed by atoms with E-state index in [4.69, 9.17) is 10.5 Å². The van der Waals surface area contributed by atoms with Crippen LogP contribution in [0.25, 0.3) is 0 Å². The molecule has 1 unspecified atom stereocenters. The predicted molar refractivity (Wildman–Crippen MR) is 66.8 cm³/mol. The normalized spacial score (nSPS) is 19.6. The lowest BCUT2D eigenvalue weighted by Crippen LogP contribution is -2.27. The Balaban J connectivity index is 0.00000112. The van der Waals surface area contributed by atoms with Crippen LogP contribution in [-0.4, -0.2) is 13.2 Å². The molecule has 0 saturated carbocycles. The highest BCUT2D eigenvalue weighted by atomic mass is 35.5. The molecule has 0 amide bonds. The lowest BCUT2D eigenvalue weighted by molar-refractivity contribution is 0.0587. The Morgan fingerprint density at radius 2 is 2.13 bits per heavy atom. The van der Waals surface area contributed by atoms with Gasteiger partial charge in [0, 0.05) is 24.1 Å². The quantitative estimate of drug-likeness (QED) is 0.872. The Morgan fingerprint density at radius 1 is 1.47 bits per heavy atom. The zero-order valence-corrected chi connectivity index (χ0v) is 10.6. The average molecular weight is 248 g/mol. The number of hydrogen-bond acceptors (Lipinski definition) is 3. The minimum Gasteiger partial charge on any atom is -0.381 e. The number of thiophene rings is 1. The Morgan fingerprint density at radius 3 is 2.67 bits per heavy atom. The summed E-state index contributed by atoms with van der Waals surface area (Å²) in [5.74, 6) is 0.612. The summed E-state index contributed by atoms with van der Waals surface area (Å²) in [7, 11) is 0.